The molecule has 0 radical (unpaired) electrons. The SMILES string of the molecule is Cn1cc(NC(=O)C#CCNC(=O)OCC2c3ccccc3-c3ccccc32)c(C(=O)O)n1. The van der Waals surface area contributed by atoms with Gasteiger partial charge < -0.3 is 20.5 Å². The summed E-state index contributed by atoms with van der Waals surface area (Å²) in [6.45, 7) is 0.0651. The fourth-order valence-corrected chi connectivity index (χ4v) is 3.78. The topological polar surface area (TPSA) is 123 Å². The van der Waals surface area contributed by atoms with E-state index in [1.807, 2.05) is 36.4 Å². The molecule has 0 saturated carbocycles. The highest BCUT2D eigenvalue weighted by molar-refractivity contribution is 6.06. The molecule has 2 aromatic carbocycles. The third-order valence-electron chi connectivity index (χ3n) is 5.15. The van der Waals surface area contributed by atoms with E-state index in [-0.39, 0.29) is 30.5 Å². The summed E-state index contributed by atoms with van der Waals surface area (Å²) in [6, 6.07) is 16.1. The number of nitrogens with zero attached hydrogens (tertiary/aromatic N) is 2. The van der Waals surface area contributed by atoms with Crippen molar-refractivity contribution in [3.05, 3.63) is 71.5 Å². The summed E-state index contributed by atoms with van der Waals surface area (Å²) in [6.07, 6.45) is 0.713. The lowest BCUT2D eigenvalue weighted by atomic mass is 9.98. The highest BCUT2D eigenvalue weighted by atomic mass is 16.5. The number of carbonyl (C=O) groups excluding carboxylic acids is 2. The Hall–Kier alpha value is -4.58. The maximum absolute atomic E-state index is 12.1. The van der Waals surface area contributed by atoms with E-state index >= 15 is 0 Å². The highest BCUT2D eigenvalue weighted by Crippen LogP contribution is 2.44. The Balaban J connectivity index is 1.29. The minimum absolute atomic E-state index is 0.0359. The number of fused-ring (bicyclic) bond motifs is 3. The zero-order valence-electron chi connectivity index (χ0n) is 17.7. The number of alkyl carbamates (subject to hydrolysis) is 1. The van der Waals surface area contributed by atoms with Crippen molar-refractivity contribution in [1.82, 2.24) is 15.1 Å². The van der Waals surface area contributed by atoms with Gasteiger partial charge in [-0.05, 0) is 28.2 Å². The van der Waals surface area contributed by atoms with Crippen LogP contribution in [0.25, 0.3) is 11.1 Å². The van der Waals surface area contributed by atoms with Crippen LogP contribution in [-0.2, 0) is 16.6 Å². The van der Waals surface area contributed by atoms with E-state index in [0.717, 1.165) is 22.3 Å². The molecule has 0 spiro atoms. The summed E-state index contributed by atoms with van der Waals surface area (Å²) in [4.78, 5) is 35.1. The summed E-state index contributed by atoms with van der Waals surface area (Å²) >= 11 is 0. The van der Waals surface area contributed by atoms with Gasteiger partial charge in [-0.2, -0.15) is 5.10 Å². The molecule has 0 unspecified atom stereocenters. The molecule has 9 heteroatoms. The smallest absolute Gasteiger partial charge is 0.407 e. The van der Waals surface area contributed by atoms with Crippen LogP contribution in [0.4, 0.5) is 10.5 Å². The number of anilines is 1. The Labute approximate surface area is 189 Å². The molecule has 166 valence electrons. The van der Waals surface area contributed by atoms with Crippen LogP contribution in [-0.4, -0.2) is 46.0 Å². The van der Waals surface area contributed by atoms with Crippen molar-refractivity contribution in [3.8, 4) is 23.0 Å². The number of amides is 2. The normalized spacial score (nSPS) is 11.5. The first-order chi connectivity index (χ1) is 15.9. The minimum atomic E-state index is -1.27. The lowest BCUT2D eigenvalue weighted by Crippen LogP contribution is -2.26. The quantitative estimate of drug-likeness (QED) is 0.520. The van der Waals surface area contributed by atoms with Gasteiger partial charge in [-0.25, -0.2) is 9.59 Å². The summed E-state index contributed by atoms with van der Waals surface area (Å²) in [5, 5.41) is 17.7. The Bertz CT molecular complexity index is 1260. The van der Waals surface area contributed by atoms with E-state index in [9.17, 15) is 14.4 Å². The fraction of sp³-hybridized carbons (Fsp3) is 0.167. The van der Waals surface area contributed by atoms with Gasteiger partial charge >= 0.3 is 12.1 Å². The number of carboxylic acids is 1. The second-order valence-corrected chi connectivity index (χ2v) is 7.31. The summed E-state index contributed by atoms with van der Waals surface area (Å²) in [5.74, 6) is 2.74. The number of aromatic carboxylic acids is 1. The van der Waals surface area contributed by atoms with Crippen LogP contribution in [0.3, 0.4) is 0 Å². The molecule has 0 atom stereocenters. The first-order valence-electron chi connectivity index (χ1n) is 10.1. The lowest BCUT2D eigenvalue weighted by molar-refractivity contribution is -0.111. The number of carbonyl (C=O) groups is 3. The zero-order valence-corrected chi connectivity index (χ0v) is 17.7. The fourth-order valence-electron chi connectivity index (χ4n) is 3.78. The van der Waals surface area contributed by atoms with Crippen molar-refractivity contribution in [3.63, 3.8) is 0 Å². The van der Waals surface area contributed by atoms with Crippen LogP contribution >= 0.6 is 0 Å². The molecule has 1 heterocycles. The molecule has 2 amide bonds. The molecule has 3 N–H and O–H groups in total. The largest absolute Gasteiger partial charge is 0.476 e. The Morgan fingerprint density at radius 1 is 1.09 bits per heavy atom. The van der Waals surface area contributed by atoms with Gasteiger partial charge in [-0.1, -0.05) is 54.5 Å². The third kappa shape index (κ3) is 4.70. The molecule has 0 bridgehead atoms. The summed E-state index contributed by atoms with van der Waals surface area (Å²) in [7, 11) is 1.53. The molecular weight excluding hydrogens is 424 g/mol. The van der Waals surface area contributed by atoms with Gasteiger partial charge in [0.05, 0.1) is 12.2 Å². The number of carboxylic acid groups (broad SMARTS) is 1. The number of hydrogen-bond donors (Lipinski definition) is 3. The van der Waals surface area contributed by atoms with Crippen molar-refractivity contribution in [2.75, 3.05) is 18.5 Å². The number of rotatable bonds is 5. The monoisotopic (exact) mass is 444 g/mol. The van der Waals surface area contributed by atoms with E-state index in [1.165, 1.54) is 17.9 Å². The second kappa shape index (κ2) is 9.28. The molecule has 1 aliphatic carbocycles. The van der Waals surface area contributed by atoms with E-state index in [2.05, 4.69) is 39.7 Å². The van der Waals surface area contributed by atoms with E-state index in [1.54, 1.807) is 0 Å². The van der Waals surface area contributed by atoms with Crippen LogP contribution in [0.1, 0.15) is 27.5 Å². The molecule has 0 saturated heterocycles. The molecule has 33 heavy (non-hydrogen) atoms. The van der Waals surface area contributed by atoms with Crippen molar-refractivity contribution < 1.29 is 24.2 Å². The van der Waals surface area contributed by atoms with Gasteiger partial charge in [0.1, 0.15) is 6.61 Å². The average Bonchev–Trinajstić information content (AvgIpc) is 3.33. The standard InChI is InChI=1S/C24H20N4O5/c1-28-13-20(22(27-28)23(30)31)26-21(29)11-6-12-25-24(32)33-14-19-17-9-4-2-7-15(17)16-8-3-5-10-18(16)19/h2-5,7-10,13,19H,12,14H2,1H3,(H,25,32)(H,26,29)(H,30,31). The summed E-state index contributed by atoms with van der Waals surface area (Å²) < 4.78 is 6.66. The van der Waals surface area contributed by atoms with Crippen LogP contribution in [0.2, 0.25) is 0 Å². The molecule has 4 rings (SSSR count). The molecular formula is C24H20N4O5. The first-order valence-corrected chi connectivity index (χ1v) is 10.1. The molecule has 1 aromatic heterocycles. The van der Waals surface area contributed by atoms with E-state index < -0.39 is 18.0 Å². The Kier molecular flexibility index (Phi) is 6.09. The van der Waals surface area contributed by atoms with Crippen LogP contribution in [0.5, 0.6) is 0 Å². The van der Waals surface area contributed by atoms with Gasteiger partial charge in [0.25, 0.3) is 5.91 Å². The Morgan fingerprint density at radius 3 is 2.36 bits per heavy atom. The number of nitrogens with one attached hydrogen (secondary N) is 2. The van der Waals surface area contributed by atoms with Gasteiger partial charge in [0.15, 0.2) is 5.69 Å². The number of ether oxygens (including phenoxy) is 1. The number of aromatic nitrogens is 2. The maximum atomic E-state index is 12.1. The highest BCUT2D eigenvalue weighted by Gasteiger charge is 2.28. The van der Waals surface area contributed by atoms with Crippen molar-refractivity contribution in [1.29, 1.82) is 0 Å². The summed E-state index contributed by atoms with van der Waals surface area (Å²) in [5.41, 5.74) is 4.24. The van der Waals surface area contributed by atoms with Gasteiger partial charge in [0, 0.05) is 19.2 Å². The predicted molar refractivity (Wildman–Crippen MR) is 120 cm³/mol. The van der Waals surface area contributed by atoms with E-state index in [0.29, 0.717) is 0 Å². The minimum Gasteiger partial charge on any atom is -0.476 e. The van der Waals surface area contributed by atoms with Gasteiger partial charge in [-0.15, -0.1) is 0 Å². The number of hydrogen-bond acceptors (Lipinski definition) is 5. The van der Waals surface area contributed by atoms with Gasteiger partial charge in [-0.3, -0.25) is 9.48 Å². The van der Waals surface area contributed by atoms with Crippen LogP contribution < -0.4 is 10.6 Å². The molecule has 9 nitrogen and oxygen atoms in total. The average molecular weight is 444 g/mol. The molecule has 0 aliphatic heterocycles. The van der Waals surface area contributed by atoms with Crippen LogP contribution in [0.15, 0.2) is 54.7 Å². The van der Waals surface area contributed by atoms with Gasteiger partial charge in [0.2, 0.25) is 0 Å². The first kappa shape index (κ1) is 21.6. The van der Waals surface area contributed by atoms with Crippen molar-refractivity contribution in [2.24, 2.45) is 7.05 Å². The number of benzene rings is 2. The molecule has 0 fully saturated rings. The Morgan fingerprint density at radius 2 is 1.73 bits per heavy atom. The van der Waals surface area contributed by atoms with Crippen molar-refractivity contribution >= 4 is 23.7 Å². The number of aryl methyl sites for hydroxylation is 1. The third-order valence-corrected chi connectivity index (χ3v) is 5.15. The second-order valence-electron chi connectivity index (χ2n) is 7.31. The zero-order chi connectivity index (χ0) is 23.4. The lowest BCUT2D eigenvalue weighted by Gasteiger charge is -2.14. The van der Waals surface area contributed by atoms with E-state index in [4.69, 9.17) is 9.84 Å². The maximum Gasteiger partial charge on any atom is 0.407 e. The molecule has 3 aromatic rings. The van der Waals surface area contributed by atoms with Crippen LogP contribution in [0, 0.1) is 11.8 Å². The van der Waals surface area contributed by atoms with Crippen molar-refractivity contribution in [2.45, 2.75) is 5.92 Å². The predicted octanol–water partition coefficient (Wildman–Crippen LogP) is 2.60. The molecule has 1 aliphatic rings.